The predicted octanol–water partition coefficient (Wildman–Crippen LogP) is 1.50. The first-order valence-electron chi connectivity index (χ1n) is 9.81. The number of carbonyl (C=O) groups excluding carboxylic acids is 3. The van der Waals surface area contributed by atoms with Gasteiger partial charge in [0.2, 0.25) is 5.91 Å². The fraction of sp³-hybridized carbons (Fsp3) is 0.400. The highest BCUT2D eigenvalue weighted by Gasteiger charge is 2.49. The summed E-state index contributed by atoms with van der Waals surface area (Å²) in [4.78, 5) is 44.5. The number of imide groups is 1. The molecule has 2 aromatic rings. The molecule has 4 rings (SSSR count). The number of carbonyl (C=O) groups is 3. The van der Waals surface area contributed by atoms with Crippen molar-refractivity contribution in [1.82, 2.24) is 20.5 Å². The Bertz CT molecular complexity index is 995. The molecule has 0 radical (unpaired) electrons. The van der Waals surface area contributed by atoms with E-state index in [-0.39, 0.29) is 30.5 Å². The van der Waals surface area contributed by atoms with Gasteiger partial charge in [0, 0.05) is 43.9 Å². The summed E-state index contributed by atoms with van der Waals surface area (Å²) < 4.78 is 32.1. The molecule has 9 nitrogen and oxygen atoms in total. The predicted molar refractivity (Wildman–Crippen MR) is 104 cm³/mol. The van der Waals surface area contributed by atoms with Crippen molar-refractivity contribution in [2.75, 3.05) is 24.5 Å². The minimum absolute atomic E-state index is 0.0120. The molecule has 164 valence electrons. The fourth-order valence-electron chi connectivity index (χ4n) is 4.12. The summed E-state index contributed by atoms with van der Waals surface area (Å²) in [6, 6.07) is 2.51. The summed E-state index contributed by atoms with van der Waals surface area (Å²) in [5.74, 6) is -2.11. The summed E-state index contributed by atoms with van der Waals surface area (Å²) in [5.41, 5.74) is -0.825. The van der Waals surface area contributed by atoms with Crippen LogP contribution in [0, 0.1) is 11.6 Å². The number of aromatic nitrogens is 1. The summed E-state index contributed by atoms with van der Waals surface area (Å²) in [6.45, 7) is 2.98. The Morgan fingerprint density at radius 3 is 2.58 bits per heavy atom. The highest BCUT2D eigenvalue weighted by molar-refractivity contribution is 6.07. The maximum atomic E-state index is 13.6. The summed E-state index contributed by atoms with van der Waals surface area (Å²) >= 11 is 0. The van der Waals surface area contributed by atoms with Gasteiger partial charge in [-0.3, -0.25) is 14.9 Å². The number of urea groups is 1. The Balaban J connectivity index is 1.42. The zero-order chi connectivity index (χ0) is 22.2. The van der Waals surface area contributed by atoms with E-state index in [1.807, 2.05) is 11.8 Å². The zero-order valence-corrected chi connectivity index (χ0v) is 16.7. The molecule has 0 aliphatic carbocycles. The molecule has 1 aromatic carbocycles. The fourth-order valence-corrected chi connectivity index (χ4v) is 4.12. The number of anilines is 1. The van der Waals surface area contributed by atoms with E-state index < -0.39 is 29.1 Å². The second-order valence-electron chi connectivity index (χ2n) is 7.70. The number of nitrogens with zero attached hydrogens (tertiary/aromatic N) is 3. The Hall–Kier alpha value is -3.50. The van der Waals surface area contributed by atoms with E-state index in [0.29, 0.717) is 25.3 Å². The molecule has 2 atom stereocenters. The number of nitrogens with one attached hydrogen (secondary N) is 2. The lowest BCUT2D eigenvalue weighted by Crippen LogP contribution is -2.54. The molecule has 11 heteroatoms. The Morgan fingerprint density at radius 2 is 2.00 bits per heavy atom. The van der Waals surface area contributed by atoms with Gasteiger partial charge in [-0.2, -0.15) is 0 Å². The number of hydrogen-bond donors (Lipinski definition) is 2. The number of piperazine rings is 1. The molecule has 2 aliphatic rings. The lowest BCUT2D eigenvalue weighted by Gasteiger charge is -2.41. The van der Waals surface area contributed by atoms with Gasteiger partial charge in [-0.15, -0.1) is 0 Å². The summed E-state index contributed by atoms with van der Waals surface area (Å²) in [7, 11) is 0. The van der Waals surface area contributed by atoms with Crippen LogP contribution in [0.2, 0.25) is 0 Å². The molecule has 0 bridgehead atoms. The summed E-state index contributed by atoms with van der Waals surface area (Å²) in [6.07, 6.45) is 2.41. The molecule has 2 saturated heterocycles. The maximum Gasteiger partial charge on any atom is 0.322 e. The van der Waals surface area contributed by atoms with Crippen LogP contribution in [-0.4, -0.2) is 53.4 Å². The average molecular weight is 433 g/mol. The van der Waals surface area contributed by atoms with E-state index in [9.17, 15) is 23.2 Å². The average Bonchev–Trinajstić information content (AvgIpc) is 3.33. The van der Waals surface area contributed by atoms with Gasteiger partial charge in [-0.25, -0.2) is 18.6 Å². The van der Waals surface area contributed by atoms with Crippen molar-refractivity contribution in [3.63, 3.8) is 0 Å². The van der Waals surface area contributed by atoms with Gasteiger partial charge in [0.1, 0.15) is 23.6 Å². The first-order chi connectivity index (χ1) is 14.8. The largest absolute Gasteiger partial charge is 0.451 e. The van der Waals surface area contributed by atoms with Crippen LogP contribution in [0.4, 0.5) is 19.3 Å². The van der Waals surface area contributed by atoms with E-state index in [1.54, 1.807) is 4.90 Å². The molecule has 2 aliphatic heterocycles. The zero-order valence-electron chi connectivity index (χ0n) is 16.7. The van der Waals surface area contributed by atoms with Crippen molar-refractivity contribution in [1.29, 1.82) is 0 Å². The molecule has 2 N–H and O–H groups in total. The topological polar surface area (TPSA) is 108 Å². The Morgan fingerprint density at radius 1 is 1.26 bits per heavy atom. The molecule has 31 heavy (non-hydrogen) atoms. The van der Waals surface area contributed by atoms with Crippen LogP contribution in [0.1, 0.15) is 25.5 Å². The monoisotopic (exact) mass is 433 g/mol. The van der Waals surface area contributed by atoms with Crippen molar-refractivity contribution < 1.29 is 27.6 Å². The lowest BCUT2D eigenvalue weighted by molar-refractivity contribution is -0.133. The molecule has 4 amide bonds. The SMILES string of the molecule is C[C@H]1CN(C(=O)CCC2(c3cocn3)NC(=O)NC2=O)CCN1c1cc(F)cc(F)c1. The van der Waals surface area contributed by atoms with Crippen LogP contribution in [0.25, 0.3) is 0 Å². The van der Waals surface area contributed by atoms with Crippen molar-refractivity contribution in [2.24, 2.45) is 0 Å². The lowest BCUT2D eigenvalue weighted by atomic mass is 9.90. The smallest absolute Gasteiger partial charge is 0.322 e. The highest BCUT2D eigenvalue weighted by Crippen LogP contribution is 2.30. The molecular formula is C20H21F2N5O4. The first kappa shape index (κ1) is 20.8. The minimum Gasteiger partial charge on any atom is -0.451 e. The van der Waals surface area contributed by atoms with Gasteiger partial charge >= 0.3 is 6.03 Å². The van der Waals surface area contributed by atoms with Gasteiger partial charge < -0.3 is 19.5 Å². The Labute approximate surface area is 176 Å². The third-order valence-electron chi connectivity index (χ3n) is 5.68. The van der Waals surface area contributed by atoms with Crippen molar-refractivity contribution in [2.45, 2.75) is 31.3 Å². The van der Waals surface area contributed by atoms with Crippen molar-refractivity contribution >= 4 is 23.5 Å². The number of halogens is 2. The third-order valence-corrected chi connectivity index (χ3v) is 5.68. The number of rotatable bonds is 5. The van der Waals surface area contributed by atoms with Crippen LogP contribution in [0.5, 0.6) is 0 Å². The molecule has 0 saturated carbocycles. The Kier molecular flexibility index (Phi) is 5.34. The standard InChI is InChI=1S/C20H21F2N5O4/c1-12-9-26(4-5-27(12)15-7-13(21)6-14(22)8-15)17(28)2-3-20(16-10-31-11-23-16)18(29)24-19(30)25-20/h6-8,10-12H,2-5,9H2,1H3,(H2,24,25,29,30)/t12-,20?/m0/s1. The maximum absolute atomic E-state index is 13.6. The molecule has 0 spiro atoms. The third kappa shape index (κ3) is 3.94. The van der Waals surface area contributed by atoms with Crippen molar-refractivity contribution in [3.05, 3.63) is 48.2 Å². The van der Waals surface area contributed by atoms with E-state index in [0.717, 1.165) is 12.5 Å². The number of benzene rings is 1. The van der Waals surface area contributed by atoms with Gasteiger partial charge in [0.15, 0.2) is 11.9 Å². The van der Waals surface area contributed by atoms with Crippen molar-refractivity contribution in [3.8, 4) is 0 Å². The molecule has 2 fully saturated rings. The minimum atomic E-state index is -1.47. The molecule has 3 heterocycles. The molecule has 1 aromatic heterocycles. The van der Waals surface area contributed by atoms with Crippen LogP contribution < -0.4 is 15.5 Å². The van der Waals surface area contributed by atoms with E-state index in [2.05, 4.69) is 15.6 Å². The second kappa shape index (κ2) is 7.97. The summed E-state index contributed by atoms with van der Waals surface area (Å²) in [5, 5.41) is 4.73. The van der Waals surface area contributed by atoms with Crippen LogP contribution >= 0.6 is 0 Å². The van der Waals surface area contributed by atoms with Crippen LogP contribution in [-0.2, 0) is 15.1 Å². The normalized spacial score (nSPS) is 23.6. The van der Waals surface area contributed by atoms with E-state index >= 15 is 0 Å². The first-order valence-corrected chi connectivity index (χ1v) is 9.81. The van der Waals surface area contributed by atoms with Gasteiger partial charge in [-0.1, -0.05) is 0 Å². The highest BCUT2D eigenvalue weighted by atomic mass is 19.1. The second-order valence-corrected chi connectivity index (χ2v) is 7.70. The number of hydrogen-bond acceptors (Lipinski definition) is 6. The van der Waals surface area contributed by atoms with Crippen LogP contribution in [0.3, 0.4) is 0 Å². The molecular weight excluding hydrogens is 412 g/mol. The van der Waals surface area contributed by atoms with Crippen LogP contribution in [0.15, 0.2) is 35.3 Å². The van der Waals surface area contributed by atoms with E-state index in [1.165, 1.54) is 18.4 Å². The quantitative estimate of drug-likeness (QED) is 0.692. The van der Waals surface area contributed by atoms with Gasteiger partial charge in [0.05, 0.1) is 0 Å². The van der Waals surface area contributed by atoms with Gasteiger partial charge in [0.25, 0.3) is 5.91 Å². The number of oxazole rings is 1. The molecule has 1 unspecified atom stereocenters. The van der Waals surface area contributed by atoms with Gasteiger partial charge in [-0.05, 0) is 25.5 Å². The van der Waals surface area contributed by atoms with E-state index in [4.69, 9.17) is 4.42 Å². The number of amides is 4.